The molecule has 1 aliphatic carbocycles. The number of hydrogen-bond acceptors (Lipinski definition) is 4. The summed E-state index contributed by atoms with van der Waals surface area (Å²) >= 11 is 0. The summed E-state index contributed by atoms with van der Waals surface area (Å²) in [5, 5.41) is 8.66. The molecule has 0 spiro atoms. The van der Waals surface area contributed by atoms with Crippen molar-refractivity contribution in [1.82, 2.24) is 0 Å². The van der Waals surface area contributed by atoms with Gasteiger partial charge in [0, 0.05) is 49.2 Å². The lowest BCUT2D eigenvalue weighted by Gasteiger charge is -2.28. The Morgan fingerprint density at radius 2 is 0.966 bits per heavy atom. The van der Waals surface area contributed by atoms with Crippen LogP contribution in [0.25, 0.3) is 98.8 Å². The van der Waals surface area contributed by atoms with Gasteiger partial charge in [0.2, 0.25) is 0 Å². The molecule has 0 aliphatic heterocycles. The highest BCUT2D eigenvalue weighted by atomic mass is 16.3. The van der Waals surface area contributed by atoms with E-state index in [9.17, 15) is 0 Å². The van der Waals surface area contributed by atoms with Gasteiger partial charge in [-0.05, 0) is 81.6 Å². The highest BCUT2D eigenvalue weighted by Crippen LogP contribution is 2.53. The van der Waals surface area contributed by atoms with E-state index < -0.39 is 0 Å². The van der Waals surface area contributed by atoms with Crippen LogP contribution in [0.3, 0.4) is 0 Å². The maximum atomic E-state index is 7.12. The molecule has 3 aromatic heterocycles. The molecule has 0 saturated carbocycles. The third-order valence-corrected chi connectivity index (χ3v) is 12.9. The summed E-state index contributed by atoms with van der Waals surface area (Å²) in [6.07, 6.45) is 0. The van der Waals surface area contributed by atoms with E-state index in [1.807, 2.05) is 18.2 Å². The van der Waals surface area contributed by atoms with Crippen molar-refractivity contribution in [1.29, 1.82) is 0 Å². The summed E-state index contributed by atoms with van der Waals surface area (Å²) in [5.74, 6) is 0. The molecule has 278 valence electrons. The number of para-hydroxylation sites is 4. The molecule has 0 N–H and O–H groups in total. The first-order valence-electron chi connectivity index (χ1n) is 20.3. The van der Waals surface area contributed by atoms with Gasteiger partial charge in [-0.1, -0.05) is 141 Å². The van der Waals surface area contributed by atoms with Gasteiger partial charge in [-0.15, -0.1) is 0 Å². The number of furan rings is 3. The van der Waals surface area contributed by atoms with Gasteiger partial charge >= 0.3 is 0 Å². The van der Waals surface area contributed by atoms with E-state index in [0.29, 0.717) is 0 Å². The number of fused-ring (bicyclic) bond motifs is 13. The number of anilines is 3. The van der Waals surface area contributed by atoms with E-state index in [1.54, 1.807) is 0 Å². The lowest BCUT2D eigenvalue weighted by molar-refractivity contribution is 0.660. The van der Waals surface area contributed by atoms with Gasteiger partial charge < -0.3 is 18.2 Å². The van der Waals surface area contributed by atoms with E-state index in [1.165, 1.54) is 22.3 Å². The van der Waals surface area contributed by atoms with Crippen LogP contribution < -0.4 is 4.90 Å². The zero-order chi connectivity index (χ0) is 39.0. The predicted octanol–water partition coefficient (Wildman–Crippen LogP) is 16.0. The average Bonchev–Trinajstić information content (AvgIpc) is 4.02. The minimum Gasteiger partial charge on any atom is -0.455 e. The fourth-order valence-corrected chi connectivity index (χ4v) is 10.2. The average molecular weight is 758 g/mol. The Labute approximate surface area is 339 Å². The van der Waals surface area contributed by atoms with Crippen LogP contribution in [0.4, 0.5) is 17.1 Å². The number of hydrogen-bond donors (Lipinski definition) is 0. The van der Waals surface area contributed by atoms with Crippen molar-refractivity contribution in [2.24, 2.45) is 0 Å². The van der Waals surface area contributed by atoms with Crippen LogP contribution in [0, 0.1) is 0 Å². The first-order valence-corrected chi connectivity index (χ1v) is 20.3. The summed E-state index contributed by atoms with van der Waals surface area (Å²) in [6.45, 7) is 4.68. The topological polar surface area (TPSA) is 42.7 Å². The van der Waals surface area contributed by atoms with Gasteiger partial charge in [0.25, 0.3) is 0 Å². The fourth-order valence-electron chi connectivity index (χ4n) is 10.2. The van der Waals surface area contributed by atoms with Crippen molar-refractivity contribution >= 4 is 93.7 Å². The molecular weight excluding hydrogens is 723 g/mol. The van der Waals surface area contributed by atoms with Crippen molar-refractivity contribution < 1.29 is 13.3 Å². The third-order valence-electron chi connectivity index (χ3n) is 12.9. The van der Waals surface area contributed by atoms with Gasteiger partial charge in [-0.25, -0.2) is 0 Å². The predicted molar refractivity (Wildman–Crippen MR) is 243 cm³/mol. The molecule has 4 heteroatoms. The summed E-state index contributed by atoms with van der Waals surface area (Å²) in [5.41, 5.74) is 15.1. The van der Waals surface area contributed by atoms with Crippen LogP contribution in [-0.2, 0) is 5.41 Å². The fraction of sp³-hybridized carbons (Fsp3) is 0.0545. The van der Waals surface area contributed by atoms with Crippen LogP contribution in [0.15, 0.2) is 189 Å². The molecule has 0 unspecified atom stereocenters. The number of nitrogens with zero attached hydrogens (tertiary/aromatic N) is 1. The van der Waals surface area contributed by atoms with E-state index in [-0.39, 0.29) is 5.41 Å². The van der Waals surface area contributed by atoms with E-state index >= 15 is 0 Å². The molecule has 4 nitrogen and oxygen atoms in total. The summed E-state index contributed by atoms with van der Waals surface area (Å²) in [6, 6.07) is 62.6. The van der Waals surface area contributed by atoms with Gasteiger partial charge in [-0.3, -0.25) is 0 Å². The largest absolute Gasteiger partial charge is 0.455 e. The smallest absolute Gasteiger partial charge is 0.159 e. The van der Waals surface area contributed by atoms with Crippen molar-refractivity contribution in [3.05, 3.63) is 187 Å². The second-order valence-electron chi connectivity index (χ2n) is 16.4. The Bertz CT molecular complexity index is 3730. The van der Waals surface area contributed by atoms with Gasteiger partial charge in [-0.2, -0.15) is 0 Å². The van der Waals surface area contributed by atoms with Crippen LogP contribution in [0.1, 0.15) is 25.0 Å². The SMILES string of the molecule is CC1(C)c2ccccc2-c2ccc(N(c3cccc4c3oc3ccccc34)c3cccc4oc5c(-c6cccc7c6oc6ccccc67)c6ccccc6cc5c34)cc21. The first kappa shape index (κ1) is 32.5. The van der Waals surface area contributed by atoms with Crippen LogP contribution in [0.5, 0.6) is 0 Å². The molecule has 0 radical (unpaired) electrons. The van der Waals surface area contributed by atoms with Crippen molar-refractivity contribution in [2.45, 2.75) is 19.3 Å². The highest BCUT2D eigenvalue weighted by molar-refractivity contribution is 6.24. The minimum absolute atomic E-state index is 0.182. The van der Waals surface area contributed by atoms with E-state index in [4.69, 9.17) is 13.3 Å². The molecule has 0 amide bonds. The van der Waals surface area contributed by atoms with Crippen LogP contribution >= 0.6 is 0 Å². The maximum Gasteiger partial charge on any atom is 0.159 e. The normalized spacial score (nSPS) is 13.4. The van der Waals surface area contributed by atoms with E-state index in [0.717, 1.165) is 105 Å². The lowest BCUT2D eigenvalue weighted by Crippen LogP contribution is -2.16. The Hall–Kier alpha value is -7.56. The Balaban J connectivity index is 1.13. The zero-order valence-electron chi connectivity index (χ0n) is 32.4. The molecule has 0 bridgehead atoms. The van der Waals surface area contributed by atoms with Crippen LogP contribution in [-0.4, -0.2) is 0 Å². The molecule has 9 aromatic carbocycles. The first-order chi connectivity index (χ1) is 29.0. The van der Waals surface area contributed by atoms with Crippen LogP contribution in [0.2, 0.25) is 0 Å². The molecule has 59 heavy (non-hydrogen) atoms. The molecule has 0 saturated heterocycles. The third kappa shape index (κ3) is 4.43. The molecule has 0 atom stereocenters. The van der Waals surface area contributed by atoms with Gasteiger partial charge in [0.05, 0.1) is 16.8 Å². The summed E-state index contributed by atoms with van der Waals surface area (Å²) in [4.78, 5) is 2.39. The van der Waals surface area contributed by atoms with Crippen molar-refractivity contribution in [3.63, 3.8) is 0 Å². The summed E-state index contributed by atoms with van der Waals surface area (Å²) < 4.78 is 20.6. The minimum atomic E-state index is -0.182. The Kier molecular flexibility index (Phi) is 6.48. The zero-order valence-corrected chi connectivity index (χ0v) is 32.4. The molecule has 0 fully saturated rings. The monoisotopic (exact) mass is 757 g/mol. The molecule has 3 heterocycles. The number of rotatable bonds is 4. The van der Waals surface area contributed by atoms with E-state index in [2.05, 4.69) is 176 Å². The number of benzene rings is 9. The Morgan fingerprint density at radius 3 is 1.80 bits per heavy atom. The molecule has 12 aromatic rings. The van der Waals surface area contributed by atoms with Crippen molar-refractivity contribution in [2.75, 3.05) is 4.90 Å². The second kappa shape index (κ2) is 11.7. The Morgan fingerprint density at radius 1 is 0.390 bits per heavy atom. The summed E-state index contributed by atoms with van der Waals surface area (Å²) in [7, 11) is 0. The van der Waals surface area contributed by atoms with Gasteiger partial charge in [0.1, 0.15) is 27.9 Å². The van der Waals surface area contributed by atoms with Crippen molar-refractivity contribution in [3.8, 4) is 22.3 Å². The molecule has 1 aliphatic rings. The lowest BCUT2D eigenvalue weighted by atomic mass is 9.82. The highest BCUT2D eigenvalue weighted by Gasteiger charge is 2.36. The molecular formula is C55H35NO3. The standard InChI is InChI=1S/C55H35NO3/c1-55(2)43-22-8-5-16-35(43)36-29-28-33(31-44(36)55)56(46-24-12-20-40-38-18-7-10-26-48(38)58-53(40)46)45-23-13-27-49-51(45)42-30-32-14-3-4-15-34(32)50(54(42)59-49)41-21-11-19-39-37-17-6-9-25-47(37)57-52(39)41/h3-31H,1-2H3. The molecule has 13 rings (SSSR count). The maximum absolute atomic E-state index is 7.12. The quantitative estimate of drug-likeness (QED) is 0.179. The second-order valence-corrected chi connectivity index (χ2v) is 16.4. The van der Waals surface area contributed by atoms with Gasteiger partial charge in [0.15, 0.2) is 5.58 Å².